The first-order valence-electron chi connectivity index (χ1n) is 6.47. The van der Waals surface area contributed by atoms with E-state index in [4.69, 9.17) is 13.9 Å². The predicted octanol–water partition coefficient (Wildman–Crippen LogP) is 3.46. The molecule has 2 rings (SSSR count). The highest BCUT2D eigenvalue weighted by Crippen LogP contribution is 2.14. The fourth-order valence-electron chi connectivity index (χ4n) is 1.55. The van der Waals surface area contributed by atoms with Gasteiger partial charge in [-0.05, 0) is 46.3 Å². The van der Waals surface area contributed by atoms with Gasteiger partial charge >= 0.3 is 11.9 Å². The number of hydrogen-bond acceptors (Lipinski definition) is 5. The van der Waals surface area contributed by atoms with Crippen molar-refractivity contribution >= 4 is 33.9 Å². The Morgan fingerprint density at radius 3 is 2.45 bits per heavy atom. The average Bonchev–Trinajstić information content (AvgIpc) is 2.96. The summed E-state index contributed by atoms with van der Waals surface area (Å²) in [7, 11) is 0. The molecule has 0 aliphatic heterocycles. The van der Waals surface area contributed by atoms with E-state index in [2.05, 4.69) is 15.9 Å². The molecule has 0 unspecified atom stereocenters. The van der Waals surface area contributed by atoms with Gasteiger partial charge in [0.1, 0.15) is 19.0 Å². The molecule has 1 aromatic heterocycles. The lowest BCUT2D eigenvalue weighted by atomic mass is 10.2. The fourth-order valence-corrected chi connectivity index (χ4v) is 1.87. The van der Waals surface area contributed by atoms with E-state index in [-0.39, 0.29) is 13.2 Å². The van der Waals surface area contributed by atoms with Crippen LogP contribution in [0.25, 0.3) is 6.08 Å². The van der Waals surface area contributed by atoms with Crippen LogP contribution < -0.4 is 0 Å². The number of benzene rings is 1. The Labute approximate surface area is 135 Å². The molecule has 6 heteroatoms. The number of hydrogen-bond donors (Lipinski definition) is 0. The molecule has 0 spiro atoms. The largest absolute Gasteiger partial charge is 0.459 e. The highest BCUT2D eigenvalue weighted by Gasteiger charge is 2.06. The third-order valence-electron chi connectivity index (χ3n) is 2.55. The topological polar surface area (TPSA) is 65.7 Å². The van der Waals surface area contributed by atoms with Gasteiger partial charge in [-0.1, -0.05) is 18.2 Å². The maximum absolute atomic E-state index is 11.6. The molecule has 0 aliphatic rings. The molecule has 0 amide bonds. The molecule has 0 saturated carbocycles. The van der Waals surface area contributed by atoms with E-state index in [1.54, 1.807) is 36.4 Å². The minimum Gasteiger partial charge on any atom is -0.459 e. The average molecular weight is 365 g/mol. The number of rotatable bonds is 6. The summed E-state index contributed by atoms with van der Waals surface area (Å²) in [6.07, 6.45) is 2.73. The zero-order valence-corrected chi connectivity index (χ0v) is 13.1. The van der Waals surface area contributed by atoms with Gasteiger partial charge in [-0.2, -0.15) is 0 Å². The number of ether oxygens (including phenoxy) is 2. The summed E-state index contributed by atoms with van der Waals surface area (Å²) in [5.41, 5.74) is 0.456. The molecule has 5 nitrogen and oxygen atoms in total. The van der Waals surface area contributed by atoms with E-state index in [0.717, 1.165) is 0 Å². The number of esters is 2. The number of carbonyl (C=O) groups is 2. The Morgan fingerprint density at radius 2 is 1.77 bits per heavy atom. The Hall–Kier alpha value is -2.34. The molecule has 0 fully saturated rings. The van der Waals surface area contributed by atoms with Crippen molar-refractivity contribution in [2.75, 3.05) is 13.2 Å². The number of halogens is 1. The maximum atomic E-state index is 11.6. The lowest BCUT2D eigenvalue weighted by Gasteiger charge is -2.04. The molecule has 0 aliphatic carbocycles. The standard InChI is InChI=1S/C16H13BrO5/c17-14-8-6-13(22-14)7-9-15(18)20-10-11-21-16(19)12-4-2-1-3-5-12/h1-9H,10-11H2/b9-7+. The van der Waals surface area contributed by atoms with E-state index in [9.17, 15) is 9.59 Å². The molecule has 1 heterocycles. The SMILES string of the molecule is O=C(/C=C/c1ccc(Br)o1)OCCOC(=O)c1ccccc1. The van der Waals surface area contributed by atoms with E-state index in [0.29, 0.717) is 16.0 Å². The van der Waals surface area contributed by atoms with Crippen molar-refractivity contribution in [1.82, 2.24) is 0 Å². The lowest BCUT2D eigenvalue weighted by Crippen LogP contribution is -2.12. The normalized spacial score (nSPS) is 10.6. The van der Waals surface area contributed by atoms with Gasteiger partial charge in [-0.25, -0.2) is 9.59 Å². The van der Waals surface area contributed by atoms with Crippen molar-refractivity contribution in [3.8, 4) is 0 Å². The van der Waals surface area contributed by atoms with Gasteiger partial charge in [0, 0.05) is 6.08 Å². The minimum atomic E-state index is -0.539. The Morgan fingerprint density at radius 1 is 1.05 bits per heavy atom. The van der Waals surface area contributed by atoms with Crippen LogP contribution in [-0.2, 0) is 14.3 Å². The fraction of sp³-hybridized carbons (Fsp3) is 0.125. The van der Waals surface area contributed by atoms with Crippen LogP contribution in [0.15, 0.2) is 57.6 Å². The van der Waals surface area contributed by atoms with Gasteiger partial charge < -0.3 is 13.9 Å². The van der Waals surface area contributed by atoms with Crippen LogP contribution in [-0.4, -0.2) is 25.2 Å². The smallest absolute Gasteiger partial charge is 0.338 e. The van der Waals surface area contributed by atoms with Crippen molar-refractivity contribution in [1.29, 1.82) is 0 Å². The molecule has 0 N–H and O–H groups in total. The molecule has 0 saturated heterocycles. The zero-order chi connectivity index (χ0) is 15.8. The molecule has 2 aromatic rings. The second-order valence-corrected chi connectivity index (χ2v) is 4.93. The summed E-state index contributed by atoms with van der Waals surface area (Å²) < 4.78 is 15.7. The Kier molecular flexibility index (Phi) is 5.97. The molecule has 22 heavy (non-hydrogen) atoms. The lowest BCUT2D eigenvalue weighted by molar-refractivity contribution is -0.138. The van der Waals surface area contributed by atoms with Crippen LogP contribution in [0.1, 0.15) is 16.1 Å². The van der Waals surface area contributed by atoms with E-state index in [1.165, 1.54) is 12.2 Å². The molecule has 114 valence electrons. The third kappa shape index (κ3) is 5.21. The summed E-state index contributed by atoms with van der Waals surface area (Å²) in [5, 5.41) is 0. The monoisotopic (exact) mass is 364 g/mol. The maximum Gasteiger partial charge on any atom is 0.338 e. The van der Waals surface area contributed by atoms with Crippen molar-refractivity contribution in [3.63, 3.8) is 0 Å². The molecule has 0 radical (unpaired) electrons. The van der Waals surface area contributed by atoms with Crippen molar-refractivity contribution in [3.05, 3.63) is 64.5 Å². The zero-order valence-electron chi connectivity index (χ0n) is 11.5. The second kappa shape index (κ2) is 8.19. The third-order valence-corrected chi connectivity index (χ3v) is 2.97. The van der Waals surface area contributed by atoms with Crippen molar-refractivity contribution < 1.29 is 23.5 Å². The molecular weight excluding hydrogens is 352 g/mol. The molecular formula is C16H13BrO5. The molecule has 1 aromatic carbocycles. The van der Waals surface area contributed by atoms with Gasteiger partial charge in [-0.3, -0.25) is 0 Å². The van der Waals surface area contributed by atoms with Crippen LogP contribution >= 0.6 is 15.9 Å². The number of carbonyl (C=O) groups excluding carboxylic acids is 2. The summed E-state index contributed by atoms with van der Waals surface area (Å²) in [6.45, 7) is -0.0107. The van der Waals surface area contributed by atoms with Gasteiger partial charge in [0.05, 0.1) is 5.56 Å². The van der Waals surface area contributed by atoms with Gasteiger partial charge in [-0.15, -0.1) is 0 Å². The van der Waals surface area contributed by atoms with Crippen molar-refractivity contribution in [2.45, 2.75) is 0 Å². The van der Waals surface area contributed by atoms with Crippen molar-refractivity contribution in [2.24, 2.45) is 0 Å². The van der Waals surface area contributed by atoms with Crippen LogP contribution in [0.2, 0.25) is 0 Å². The highest BCUT2D eigenvalue weighted by atomic mass is 79.9. The minimum absolute atomic E-state index is 0.000389. The van der Waals surface area contributed by atoms with Crippen LogP contribution in [0.5, 0.6) is 0 Å². The Bertz CT molecular complexity index is 660. The van der Waals surface area contributed by atoms with Crippen LogP contribution in [0, 0.1) is 0 Å². The second-order valence-electron chi connectivity index (χ2n) is 4.14. The summed E-state index contributed by atoms with van der Waals surface area (Å²) in [6, 6.07) is 12.0. The first kappa shape index (κ1) is 16.0. The summed E-state index contributed by atoms with van der Waals surface area (Å²) >= 11 is 3.16. The van der Waals surface area contributed by atoms with E-state index in [1.807, 2.05) is 6.07 Å². The number of furan rings is 1. The van der Waals surface area contributed by atoms with Gasteiger partial charge in [0.25, 0.3) is 0 Å². The van der Waals surface area contributed by atoms with Gasteiger partial charge in [0.2, 0.25) is 0 Å². The van der Waals surface area contributed by atoms with E-state index >= 15 is 0 Å². The van der Waals surface area contributed by atoms with Gasteiger partial charge in [0.15, 0.2) is 4.67 Å². The quantitative estimate of drug-likeness (QED) is 0.446. The van der Waals surface area contributed by atoms with Crippen LogP contribution in [0.3, 0.4) is 0 Å². The molecule has 0 atom stereocenters. The van der Waals surface area contributed by atoms with Crippen LogP contribution in [0.4, 0.5) is 0 Å². The molecule has 0 bridgehead atoms. The predicted molar refractivity (Wildman–Crippen MR) is 83.1 cm³/mol. The van der Waals surface area contributed by atoms with E-state index < -0.39 is 11.9 Å². The first-order valence-corrected chi connectivity index (χ1v) is 7.27. The summed E-state index contributed by atoms with van der Waals surface area (Å²) in [4.78, 5) is 23.0. The first-order chi connectivity index (χ1) is 10.6. The Balaban J connectivity index is 1.67. The highest BCUT2D eigenvalue weighted by molar-refractivity contribution is 9.10. The summed E-state index contributed by atoms with van der Waals surface area (Å²) in [5.74, 6) is -0.463.